The van der Waals surface area contributed by atoms with Crippen LogP contribution in [-0.4, -0.2) is 31.0 Å². The van der Waals surface area contributed by atoms with Gasteiger partial charge in [0.05, 0.1) is 16.8 Å². The molecule has 0 amide bonds. The first-order chi connectivity index (χ1) is 9.15. The highest BCUT2D eigenvalue weighted by molar-refractivity contribution is 6.00. The molecule has 0 aromatic carbocycles. The number of pyridine rings is 2. The van der Waals surface area contributed by atoms with Crippen LogP contribution in [0.2, 0.25) is 0 Å². The molecule has 19 heavy (non-hydrogen) atoms. The molecule has 3 N–H and O–H groups in total. The van der Waals surface area contributed by atoms with Crippen LogP contribution in [-0.2, 0) is 0 Å². The van der Waals surface area contributed by atoms with Gasteiger partial charge in [-0.25, -0.2) is 14.8 Å². The summed E-state index contributed by atoms with van der Waals surface area (Å²) >= 11 is 0. The Labute approximate surface area is 106 Å². The zero-order valence-electron chi connectivity index (χ0n) is 9.54. The lowest BCUT2D eigenvalue weighted by molar-refractivity contribution is 0.0699. The van der Waals surface area contributed by atoms with E-state index in [1.165, 1.54) is 18.3 Å². The maximum absolute atomic E-state index is 11.2. The largest absolute Gasteiger partial charge is 0.478 e. The number of hydrogen-bond acceptors (Lipinski definition) is 4. The minimum atomic E-state index is -1.07. The number of hydrogen-bond donors (Lipinski definition) is 3. The van der Waals surface area contributed by atoms with Crippen LogP contribution in [0.4, 0.5) is 0 Å². The van der Waals surface area contributed by atoms with Crippen LogP contribution in [0.15, 0.2) is 35.3 Å². The molecule has 3 rings (SSSR count). The normalized spacial score (nSPS) is 10.7. The minimum absolute atomic E-state index is 0.0852. The van der Waals surface area contributed by atoms with E-state index in [9.17, 15) is 9.59 Å². The van der Waals surface area contributed by atoms with Crippen molar-refractivity contribution in [1.29, 1.82) is 0 Å². The third kappa shape index (κ3) is 1.86. The summed E-state index contributed by atoms with van der Waals surface area (Å²) in [6.45, 7) is 0. The van der Waals surface area contributed by atoms with E-state index in [-0.39, 0.29) is 11.1 Å². The number of aromatic nitrogens is 4. The molecule has 7 nitrogen and oxygen atoms in total. The lowest BCUT2D eigenvalue weighted by Crippen LogP contribution is -2.04. The molecule has 3 aromatic heterocycles. The van der Waals surface area contributed by atoms with E-state index in [1.54, 1.807) is 12.1 Å². The molecular formula is C12H8N4O3. The highest BCUT2D eigenvalue weighted by Crippen LogP contribution is 2.19. The maximum Gasteiger partial charge on any atom is 0.338 e. The first-order valence-corrected chi connectivity index (χ1v) is 5.43. The van der Waals surface area contributed by atoms with E-state index < -0.39 is 5.97 Å². The van der Waals surface area contributed by atoms with Gasteiger partial charge in [0.25, 0.3) is 0 Å². The number of carbonyl (C=O) groups is 1. The Balaban J connectivity index is 2.25. The van der Waals surface area contributed by atoms with Gasteiger partial charge in [0, 0.05) is 12.3 Å². The Morgan fingerprint density at radius 3 is 2.79 bits per heavy atom. The van der Waals surface area contributed by atoms with E-state index in [0.29, 0.717) is 22.7 Å². The van der Waals surface area contributed by atoms with Crippen molar-refractivity contribution in [3.63, 3.8) is 0 Å². The lowest BCUT2D eigenvalue weighted by atomic mass is 10.2. The molecule has 7 heteroatoms. The molecule has 0 saturated carbocycles. The molecule has 0 aliphatic carbocycles. The predicted octanol–water partition coefficient (Wildman–Crippen LogP) is 1.01. The van der Waals surface area contributed by atoms with Gasteiger partial charge in [-0.05, 0) is 12.1 Å². The molecule has 0 fully saturated rings. The Kier molecular flexibility index (Phi) is 2.38. The number of H-pyrrole nitrogens is 2. The van der Waals surface area contributed by atoms with E-state index in [1.807, 2.05) is 0 Å². The predicted molar refractivity (Wildman–Crippen MR) is 66.9 cm³/mol. The van der Waals surface area contributed by atoms with Crippen molar-refractivity contribution in [2.45, 2.75) is 0 Å². The zero-order chi connectivity index (χ0) is 13.4. The standard InChI is InChI=1S/C12H8N4O3/c17-8-3-1-2-7(14-8)10-15-9-6(12(18)19)4-5-13-11(9)16-10/h1-5H,(H,14,17)(H,18,19)(H,13,15,16). The van der Waals surface area contributed by atoms with Crippen molar-refractivity contribution in [2.24, 2.45) is 0 Å². The Bertz CT molecular complexity index is 834. The monoisotopic (exact) mass is 256 g/mol. The first kappa shape index (κ1) is 11.1. The average Bonchev–Trinajstić information content (AvgIpc) is 2.82. The number of aromatic carboxylic acids is 1. The van der Waals surface area contributed by atoms with Gasteiger partial charge in [-0.1, -0.05) is 6.07 Å². The molecule has 0 aliphatic rings. The summed E-state index contributed by atoms with van der Waals surface area (Å²) in [5.74, 6) is -0.696. The summed E-state index contributed by atoms with van der Waals surface area (Å²) in [7, 11) is 0. The number of fused-ring (bicyclic) bond motifs is 1. The lowest BCUT2D eigenvalue weighted by Gasteiger charge is -1.95. The van der Waals surface area contributed by atoms with E-state index in [0.717, 1.165) is 0 Å². The third-order valence-corrected chi connectivity index (χ3v) is 2.65. The number of imidazole rings is 1. The fourth-order valence-corrected chi connectivity index (χ4v) is 1.80. The van der Waals surface area contributed by atoms with Gasteiger partial charge in [0.1, 0.15) is 0 Å². The first-order valence-electron chi connectivity index (χ1n) is 5.43. The number of nitrogens with zero attached hydrogens (tertiary/aromatic N) is 2. The van der Waals surface area contributed by atoms with Crippen LogP contribution in [0, 0.1) is 0 Å². The van der Waals surface area contributed by atoms with Gasteiger partial charge in [-0.3, -0.25) is 4.79 Å². The van der Waals surface area contributed by atoms with Gasteiger partial charge >= 0.3 is 5.97 Å². The van der Waals surface area contributed by atoms with Crippen molar-refractivity contribution >= 4 is 17.1 Å². The van der Waals surface area contributed by atoms with Crippen LogP contribution in [0.25, 0.3) is 22.7 Å². The van der Waals surface area contributed by atoms with E-state index in [4.69, 9.17) is 5.11 Å². The molecule has 3 heterocycles. The smallest absolute Gasteiger partial charge is 0.338 e. The van der Waals surface area contributed by atoms with Crippen molar-refractivity contribution in [3.8, 4) is 11.5 Å². The summed E-state index contributed by atoms with van der Waals surface area (Å²) in [6, 6.07) is 6.03. The van der Waals surface area contributed by atoms with Gasteiger partial charge < -0.3 is 15.1 Å². The second-order valence-corrected chi connectivity index (χ2v) is 3.88. The zero-order valence-corrected chi connectivity index (χ0v) is 9.54. The highest BCUT2D eigenvalue weighted by atomic mass is 16.4. The van der Waals surface area contributed by atoms with Crippen LogP contribution in [0.3, 0.4) is 0 Å². The van der Waals surface area contributed by atoms with Crippen LogP contribution < -0.4 is 5.56 Å². The van der Waals surface area contributed by atoms with E-state index in [2.05, 4.69) is 19.9 Å². The molecule has 0 bridgehead atoms. The summed E-state index contributed by atoms with van der Waals surface area (Å²) in [6.07, 6.45) is 1.38. The number of carboxylic acid groups (broad SMARTS) is 1. The molecule has 0 spiro atoms. The molecule has 3 aromatic rings. The number of aromatic amines is 2. The van der Waals surface area contributed by atoms with Crippen molar-refractivity contribution in [3.05, 3.63) is 46.4 Å². The molecule has 94 valence electrons. The average molecular weight is 256 g/mol. The summed E-state index contributed by atoms with van der Waals surface area (Å²) in [5.41, 5.74) is 0.919. The van der Waals surface area contributed by atoms with Crippen LogP contribution in [0.5, 0.6) is 0 Å². The van der Waals surface area contributed by atoms with Crippen molar-refractivity contribution < 1.29 is 9.90 Å². The minimum Gasteiger partial charge on any atom is -0.478 e. The fourth-order valence-electron chi connectivity index (χ4n) is 1.80. The third-order valence-electron chi connectivity index (χ3n) is 2.65. The SMILES string of the molecule is O=C(O)c1ccnc2nc(-c3cccc(=O)[nH]3)[nH]c12. The number of rotatable bonds is 2. The van der Waals surface area contributed by atoms with Gasteiger partial charge in [0.15, 0.2) is 11.5 Å². The number of nitrogens with one attached hydrogen (secondary N) is 2. The Morgan fingerprint density at radius 2 is 2.05 bits per heavy atom. The molecule has 0 radical (unpaired) electrons. The van der Waals surface area contributed by atoms with E-state index >= 15 is 0 Å². The fraction of sp³-hybridized carbons (Fsp3) is 0. The van der Waals surface area contributed by atoms with Crippen molar-refractivity contribution in [2.75, 3.05) is 0 Å². The van der Waals surface area contributed by atoms with Crippen LogP contribution >= 0.6 is 0 Å². The van der Waals surface area contributed by atoms with Gasteiger partial charge in [0.2, 0.25) is 5.56 Å². The van der Waals surface area contributed by atoms with Gasteiger partial charge in [-0.2, -0.15) is 0 Å². The molecular weight excluding hydrogens is 248 g/mol. The van der Waals surface area contributed by atoms with Gasteiger partial charge in [-0.15, -0.1) is 0 Å². The summed E-state index contributed by atoms with van der Waals surface area (Å²) in [4.78, 5) is 36.0. The second kappa shape index (κ2) is 4.05. The summed E-state index contributed by atoms with van der Waals surface area (Å²) in [5, 5.41) is 9.07. The second-order valence-electron chi connectivity index (χ2n) is 3.88. The highest BCUT2D eigenvalue weighted by Gasteiger charge is 2.14. The molecule has 0 unspecified atom stereocenters. The molecule has 0 atom stereocenters. The summed E-state index contributed by atoms with van der Waals surface area (Å²) < 4.78 is 0. The number of carboxylic acids is 1. The quantitative estimate of drug-likeness (QED) is 0.633. The Morgan fingerprint density at radius 1 is 1.21 bits per heavy atom. The Hall–Kier alpha value is -2.96. The topological polar surface area (TPSA) is 112 Å². The molecule has 0 saturated heterocycles. The molecule has 0 aliphatic heterocycles. The maximum atomic E-state index is 11.2. The van der Waals surface area contributed by atoms with Crippen LogP contribution in [0.1, 0.15) is 10.4 Å². The van der Waals surface area contributed by atoms with Crippen molar-refractivity contribution in [1.82, 2.24) is 19.9 Å².